The van der Waals surface area contributed by atoms with Crippen LogP contribution < -0.4 is 10.5 Å². The van der Waals surface area contributed by atoms with Crippen LogP contribution in [0.25, 0.3) is 11.3 Å². The van der Waals surface area contributed by atoms with E-state index in [1.165, 1.54) is 0 Å². The molecule has 2 heterocycles. The Morgan fingerprint density at radius 3 is 2.32 bits per heavy atom. The molecule has 0 N–H and O–H groups in total. The number of nitrogens with zero attached hydrogens (tertiary/aromatic N) is 1. The molecule has 1 saturated heterocycles. The van der Waals surface area contributed by atoms with E-state index in [9.17, 15) is 4.79 Å². The van der Waals surface area contributed by atoms with Gasteiger partial charge in [-0.15, -0.1) is 0 Å². The summed E-state index contributed by atoms with van der Waals surface area (Å²) in [4.78, 5) is 14.1. The number of anilines is 1. The minimum absolute atomic E-state index is 0.248. The summed E-state index contributed by atoms with van der Waals surface area (Å²) in [6, 6.07) is 11.5. The maximum atomic E-state index is 12.0. The molecule has 3 rings (SSSR count). The molecule has 19 heavy (non-hydrogen) atoms. The zero-order valence-corrected chi connectivity index (χ0v) is 12.0. The van der Waals surface area contributed by atoms with Crippen LogP contribution in [-0.4, -0.2) is 13.1 Å². The third kappa shape index (κ3) is 2.59. The summed E-state index contributed by atoms with van der Waals surface area (Å²) in [6.45, 7) is 1.89. The maximum Gasteiger partial charge on any atom is 0.360 e. The minimum atomic E-state index is -0.248. The number of halogens is 1. The van der Waals surface area contributed by atoms with Gasteiger partial charge in [-0.25, -0.2) is 4.79 Å². The Labute approximate surface area is 120 Å². The van der Waals surface area contributed by atoms with Crippen LogP contribution >= 0.6 is 15.9 Å². The van der Waals surface area contributed by atoms with Crippen LogP contribution in [0, 0.1) is 0 Å². The summed E-state index contributed by atoms with van der Waals surface area (Å²) in [7, 11) is 0. The largest absolute Gasteiger partial charge is 0.421 e. The van der Waals surface area contributed by atoms with Gasteiger partial charge in [0.05, 0.1) is 0 Å². The quantitative estimate of drug-likeness (QED) is 0.846. The predicted molar refractivity (Wildman–Crippen MR) is 79.6 cm³/mol. The van der Waals surface area contributed by atoms with E-state index < -0.39 is 0 Å². The molecule has 0 unspecified atom stereocenters. The highest BCUT2D eigenvalue weighted by Crippen LogP contribution is 2.23. The van der Waals surface area contributed by atoms with Crippen LogP contribution in [-0.2, 0) is 0 Å². The van der Waals surface area contributed by atoms with Gasteiger partial charge < -0.3 is 9.32 Å². The van der Waals surface area contributed by atoms with E-state index in [4.69, 9.17) is 4.42 Å². The zero-order valence-electron chi connectivity index (χ0n) is 10.4. The lowest BCUT2D eigenvalue weighted by molar-refractivity contribution is 0.524. The minimum Gasteiger partial charge on any atom is -0.421 e. The average molecular weight is 320 g/mol. The predicted octanol–water partition coefficient (Wildman–Crippen LogP) is 3.67. The lowest BCUT2D eigenvalue weighted by Gasteiger charge is -2.15. The molecular formula is C15H14BrNO2. The third-order valence-corrected chi connectivity index (χ3v) is 3.91. The summed E-state index contributed by atoms with van der Waals surface area (Å²) in [6.07, 6.45) is 2.29. The van der Waals surface area contributed by atoms with Crippen molar-refractivity contribution in [1.82, 2.24) is 0 Å². The Bertz CT molecular complexity index is 627. The van der Waals surface area contributed by atoms with E-state index in [-0.39, 0.29) is 5.63 Å². The molecular weight excluding hydrogens is 306 g/mol. The summed E-state index contributed by atoms with van der Waals surface area (Å²) >= 11 is 3.39. The van der Waals surface area contributed by atoms with E-state index in [0.29, 0.717) is 11.4 Å². The van der Waals surface area contributed by atoms with E-state index in [1.807, 2.05) is 36.4 Å². The van der Waals surface area contributed by atoms with Crippen LogP contribution in [0.15, 0.2) is 50.1 Å². The first-order valence-corrected chi connectivity index (χ1v) is 7.18. The van der Waals surface area contributed by atoms with E-state index >= 15 is 0 Å². The van der Waals surface area contributed by atoms with Crippen LogP contribution in [0.2, 0.25) is 0 Å². The van der Waals surface area contributed by atoms with Crippen molar-refractivity contribution < 1.29 is 4.42 Å². The van der Waals surface area contributed by atoms with Gasteiger partial charge in [-0.05, 0) is 37.1 Å². The molecule has 0 radical (unpaired) electrons. The van der Waals surface area contributed by atoms with Crippen molar-refractivity contribution in [2.45, 2.75) is 12.8 Å². The molecule has 1 aliphatic rings. The Kier molecular flexibility index (Phi) is 3.42. The molecule has 1 aromatic carbocycles. The second-order valence-corrected chi connectivity index (χ2v) is 5.59. The van der Waals surface area contributed by atoms with Crippen LogP contribution in [0.4, 0.5) is 5.69 Å². The first-order valence-electron chi connectivity index (χ1n) is 6.39. The number of hydrogen-bond donors (Lipinski definition) is 0. The molecule has 1 aliphatic heterocycles. The van der Waals surface area contributed by atoms with E-state index in [1.54, 1.807) is 0 Å². The fraction of sp³-hybridized carbons (Fsp3) is 0.267. The highest BCUT2D eigenvalue weighted by atomic mass is 79.9. The summed E-state index contributed by atoms with van der Waals surface area (Å²) in [5.41, 5.74) is 1.34. The molecule has 0 saturated carbocycles. The lowest BCUT2D eigenvalue weighted by atomic mass is 10.1. The van der Waals surface area contributed by atoms with Gasteiger partial charge >= 0.3 is 5.63 Å². The molecule has 0 spiro atoms. The van der Waals surface area contributed by atoms with Crippen molar-refractivity contribution in [3.8, 4) is 11.3 Å². The van der Waals surface area contributed by atoms with Gasteiger partial charge in [-0.2, -0.15) is 0 Å². The summed E-state index contributed by atoms with van der Waals surface area (Å²) in [5.74, 6) is 0.612. The fourth-order valence-electron chi connectivity index (χ4n) is 2.37. The van der Waals surface area contributed by atoms with Gasteiger partial charge in [0.2, 0.25) is 0 Å². The topological polar surface area (TPSA) is 33.5 Å². The first-order chi connectivity index (χ1) is 9.24. The zero-order chi connectivity index (χ0) is 13.2. The van der Waals surface area contributed by atoms with Crippen molar-refractivity contribution in [2.24, 2.45) is 0 Å². The van der Waals surface area contributed by atoms with Crippen molar-refractivity contribution in [2.75, 3.05) is 18.0 Å². The molecule has 98 valence electrons. The molecule has 0 aliphatic carbocycles. The van der Waals surface area contributed by atoms with Gasteiger partial charge in [0, 0.05) is 23.1 Å². The van der Waals surface area contributed by atoms with Gasteiger partial charge in [-0.1, -0.05) is 28.1 Å². The summed E-state index contributed by atoms with van der Waals surface area (Å²) in [5, 5.41) is 0. The lowest BCUT2D eigenvalue weighted by Crippen LogP contribution is -2.23. The standard InChI is InChI=1S/C15H14BrNO2/c16-12-5-3-11(4-6-12)14-8-7-13(15(18)19-14)17-9-1-2-10-17/h3-8H,1-2,9-10H2. The molecule has 1 aromatic heterocycles. The van der Waals surface area contributed by atoms with Crippen LogP contribution in [0.1, 0.15) is 12.8 Å². The monoisotopic (exact) mass is 319 g/mol. The fourth-order valence-corrected chi connectivity index (χ4v) is 2.64. The first kappa shape index (κ1) is 12.5. The smallest absolute Gasteiger partial charge is 0.360 e. The molecule has 0 amide bonds. The normalized spacial score (nSPS) is 14.9. The van der Waals surface area contributed by atoms with E-state index in [2.05, 4.69) is 20.8 Å². The number of hydrogen-bond acceptors (Lipinski definition) is 3. The molecule has 0 bridgehead atoms. The number of rotatable bonds is 2. The van der Waals surface area contributed by atoms with Crippen LogP contribution in [0.3, 0.4) is 0 Å². The highest BCUT2D eigenvalue weighted by molar-refractivity contribution is 9.10. The van der Waals surface area contributed by atoms with Crippen molar-refractivity contribution in [3.63, 3.8) is 0 Å². The van der Waals surface area contributed by atoms with Crippen LogP contribution in [0.5, 0.6) is 0 Å². The molecule has 3 nitrogen and oxygen atoms in total. The second kappa shape index (κ2) is 5.21. The average Bonchev–Trinajstić information content (AvgIpc) is 2.93. The Balaban J connectivity index is 1.94. The molecule has 1 fully saturated rings. The molecule has 2 aromatic rings. The number of benzene rings is 1. The molecule has 4 heteroatoms. The van der Waals surface area contributed by atoms with Crippen molar-refractivity contribution in [1.29, 1.82) is 0 Å². The van der Waals surface area contributed by atoms with Gasteiger partial charge in [0.25, 0.3) is 0 Å². The Morgan fingerprint density at radius 2 is 1.68 bits per heavy atom. The second-order valence-electron chi connectivity index (χ2n) is 4.67. The van der Waals surface area contributed by atoms with Gasteiger partial charge in [0.15, 0.2) is 0 Å². The van der Waals surface area contributed by atoms with Gasteiger partial charge in [-0.3, -0.25) is 0 Å². The molecule has 0 atom stereocenters. The third-order valence-electron chi connectivity index (χ3n) is 3.38. The SMILES string of the molecule is O=c1oc(-c2ccc(Br)cc2)ccc1N1CCCC1. The Morgan fingerprint density at radius 1 is 1.00 bits per heavy atom. The van der Waals surface area contributed by atoms with Crippen molar-refractivity contribution >= 4 is 21.6 Å². The van der Waals surface area contributed by atoms with E-state index in [0.717, 1.165) is 36.0 Å². The highest BCUT2D eigenvalue weighted by Gasteiger charge is 2.16. The van der Waals surface area contributed by atoms with Crippen molar-refractivity contribution in [3.05, 3.63) is 51.3 Å². The van der Waals surface area contributed by atoms with Gasteiger partial charge in [0.1, 0.15) is 11.4 Å². The maximum absolute atomic E-state index is 12.0. The Hall–Kier alpha value is -1.55. The summed E-state index contributed by atoms with van der Waals surface area (Å²) < 4.78 is 6.44.